The average molecular weight is 301 g/mol. The first kappa shape index (κ1) is 14.5. The summed E-state index contributed by atoms with van der Waals surface area (Å²) >= 11 is 12.1. The van der Waals surface area contributed by atoms with E-state index in [1.54, 1.807) is 0 Å². The highest BCUT2D eigenvalue weighted by Gasteiger charge is 2.13. The Kier molecular flexibility index (Phi) is 4.61. The maximum atomic E-state index is 9.12. The van der Waals surface area contributed by atoms with Crippen molar-refractivity contribution >= 4 is 40.0 Å². The van der Waals surface area contributed by atoms with Gasteiger partial charge in [0.15, 0.2) is 0 Å². The Bertz CT molecular complexity index is 578. The summed E-state index contributed by atoms with van der Waals surface area (Å²) in [4.78, 5) is 2.69. The van der Waals surface area contributed by atoms with Gasteiger partial charge in [0.2, 0.25) is 0 Å². The third-order valence-corrected chi connectivity index (χ3v) is 3.57. The van der Waals surface area contributed by atoms with Gasteiger partial charge in [-0.25, -0.2) is 0 Å². The van der Waals surface area contributed by atoms with Crippen LogP contribution in [0.15, 0.2) is 18.3 Å². The fourth-order valence-corrected chi connectivity index (χ4v) is 2.86. The Morgan fingerprint density at radius 2 is 2.11 bits per heavy atom. The predicted molar refractivity (Wildman–Crippen MR) is 82.1 cm³/mol. The van der Waals surface area contributed by atoms with Crippen LogP contribution >= 0.6 is 23.4 Å². The Labute approximate surface area is 123 Å². The quantitative estimate of drug-likeness (QED) is 0.817. The summed E-state index contributed by atoms with van der Waals surface area (Å²) in [6.45, 7) is 4.96. The lowest BCUT2D eigenvalue weighted by molar-refractivity contribution is 0.278. The van der Waals surface area contributed by atoms with Crippen LogP contribution in [0.1, 0.15) is 19.4 Å². The molecule has 0 unspecified atom stereocenters. The lowest BCUT2D eigenvalue weighted by Crippen LogP contribution is -2.01. The Hall–Kier alpha value is -0.900. The molecular formula is C14H18Cl2N2O. The fraction of sp³-hybridized carbons (Fsp3) is 0.429. The summed E-state index contributed by atoms with van der Waals surface area (Å²) in [6.07, 6.45) is 2.81. The van der Waals surface area contributed by atoms with E-state index in [9.17, 15) is 0 Å². The molecule has 5 heteroatoms. The standard InChI is InChI=1S/C14H18Cl2N2O/c1-9(2)5-10-6-12(17-16)14-11(15)8-18(3-4-19)13(14)7-10/h6-9,17,19H,3-5H2,1-2H3. The van der Waals surface area contributed by atoms with Gasteiger partial charge in [0.25, 0.3) is 0 Å². The number of rotatable bonds is 5. The highest BCUT2D eigenvalue weighted by molar-refractivity contribution is 6.38. The lowest BCUT2D eigenvalue weighted by Gasteiger charge is -2.10. The van der Waals surface area contributed by atoms with Crippen LogP contribution in [0.5, 0.6) is 0 Å². The van der Waals surface area contributed by atoms with Crippen LogP contribution in [0.2, 0.25) is 5.02 Å². The molecule has 0 bridgehead atoms. The second-order valence-corrected chi connectivity index (χ2v) is 5.72. The maximum Gasteiger partial charge on any atom is 0.0682 e. The Balaban J connectivity index is 2.61. The van der Waals surface area contributed by atoms with Crippen molar-refractivity contribution in [2.24, 2.45) is 5.92 Å². The van der Waals surface area contributed by atoms with Crippen LogP contribution < -0.4 is 4.84 Å². The monoisotopic (exact) mass is 300 g/mol. The summed E-state index contributed by atoms with van der Waals surface area (Å²) in [6, 6.07) is 4.15. The fourth-order valence-electron chi connectivity index (χ4n) is 2.39. The number of fused-ring (bicyclic) bond motifs is 1. The maximum absolute atomic E-state index is 9.12. The Morgan fingerprint density at radius 3 is 2.68 bits per heavy atom. The predicted octanol–water partition coefficient (Wildman–Crippen LogP) is 4.05. The molecule has 0 aliphatic heterocycles. The van der Waals surface area contributed by atoms with Crippen molar-refractivity contribution in [3.8, 4) is 0 Å². The average Bonchev–Trinajstić information content (AvgIpc) is 2.65. The van der Waals surface area contributed by atoms with Gasteiger partial charge in [-0.05, 0) is 30.0 Å². The van der Waals surface area contributed by atoms with Crippen molar-refractivity contribution in [1.82, 2.24) is 4.57 Å². The molecule has 0 saturated carbocycles. The molecule has 2 N–H and O–H groups in total. The van der Waals surface area contributed by atoms with Crippen molar-refractivity contribution in [3.05, 3.63) is 28.9 Å². The van der Waals surface area contributed by atoms with Crippen molar-refractivity contribution in [1.29, 1.82) is 0 Å². The molecule has 0 saturated heterocycles. The van der Waals surface area contributed by atoms with E-state index in [1.165, 1.54) is 5.56 Å². The van der Waals surface area contributed by atoms with Gasteiger partial charge in [-0.1, -0.05) is 25.4 Å². The van der Waals surface area contributed by atoms with E-state index in [-0.39, 0.29) is 6.61 Å². The van der Waals surface area contributed by atoms with Crippen LogP contribution in [-0.4, -0.2) is 16.3 Å². The third kappa shape index (κ3) is 2.99. The zero-order chi connectivity index (χ0) is 14.0. The molecule has 0 amide bonds. The zero-order valence-corrected chi connectivity index (χ0v) is 12.6. The van der Waals surface area contributed by atoms with Gasteiger partial charge in [-0.2, -0.15) is 0 Å². The second-order valence-electron chi connectivity index (χ2n) is 5.12. The number of nitrogens with zero attached hydrogens (tertiary/aromatic N) is 1. The highest BCUT2D eigenvalue weighted by atomic mass is 35.5. The van der Waals surface area contributed by atoms with E-state index in [2.05, 4.69) is 24.7 Å². The number of hydrogen-bond donors (Lipinski definition) is 2. The highest BCUT2D eigenvalue weighted by Crippen LogP contribution is 2.34. The molecule has 2 rings (SSSR count). The molecule has 2 aromatic rings. The number of aromatic nitrogens is 1. The summed E-state index contributed by atoms with van der Waals surface area (Å²) in [5.41, 5.74) is 3.02. The zero-order valence-electron chi connectivity index (χ0n) is 11.1. The van der Waals surface area contributed by atoms with E-state index in [1.807, 2.05) is 16.8 Å². The van der Waals surface area contributed by atoms with Gasteiger partial charge in [0.1, 0.15) is 0 Å². The molecule has 0 radical (unpaired) electrons. The minimum atomic E-state index is 0.0815. The first-order valence-corrected chi connectivity index (χ1v) is 7.11. The van der Waals surface area contributed by atoms with Crippen molar-refractivity contribution in [2.45, 2.75) is 26.8 Å². The van der Waals surface area contributed by atoms with Gasteiger partial charge in [0.05, 0.1) is 22.8 Å². The molecule has 3 nitrogen and oxygen atoms in total. The van der Waals surface area contributed by atoms with Crippen LogP contribution in [0, 0.1) is 5.92 Å². The van der Waals surface area contributed by atoms with Gasteiger partial charge >= 0.3 is 0 Å². The van der Waals surface area contributed by atoms with Crippen molar-refractivity contribution < 1.29 is 5.11 Å². The number of aliphatic hydroxyl groups is 1. The largest absolute Gasteiger partial charge is 0.395 e. The molecule has 1 aromatic heterocycles. The molecular weight excluding hydrogens is 283 g/mol. The number of halogens is 2. The van der Waals surface area contributed by atoms with Gasteiger partial charge in [-0.15, -0.1) is 0 Å². The Morgan fingerprint density at radius 1 is 1.37 bits per heavy atom. The normalized spacial score (nSPS) is 11.5. The van der Waals surface area contributed by atoms with Crippen molar-refractivity contribution in [2.75, 3.05) is 11.4 Å². The van der Waals surface area contributed by atoms with Gasteiger partial charge in [0, 0.05) is 29.9 Å². The number of anilines is 1. The van der Waals surface area contributed by atoms with E-state index >= 15 is 0 Å². The first-order chi connectivity index (χ1) is 9.06. The smallest absolute Gasteiger partial charge is 0.0682 e. The molecule has 104 valence electrons. The van der Waals surface area contributed by atoms with E-state index in [0.717, 1.165) is 23.0 Å². The summed E-state index contributed by atoms with van der Waals surface area (Å²) < 4.78 is 1.96. The summed E-state index contributed by atoms with van der Waals surface area (Å²) in [5, 5.41) is 10.7. The molecule has 1 heterocycles. The molecule has 0 atom stereocenters. The summed E-state index contributed by atoms with van der Waals surface area (Å²) in [7, 11) is 0. The summed E-state index contributed by atoms with van der Waals surface area (Å²) in [5.74, 6) is 0.567. The minimum absolute atomic E-state index is 0.0815. The number of benzene rings is 1. The van der Waals surface area contributed by atoms with Gasteiger partial charge < -0.3 is 9.67 Å². The van der Waals surface area contributed by atoms with E-state index in [4.69, 9.17) is 28.5 Å². The van der Waals surface area contributed by atoms with Gasteiger partial charge in [-0.3, -0.25) is 4.84 Å². The number of aliphatic hydroxyl groups excluding tert-OH is 1. The van der Waals surface area contributed by atoms with Crippen LogP contribution in [0.4, 0.5) is 5.69 Å². The molecule has 19 heavy (non-hydrogen) atoms. The molecule has 0 fully saturated rings. The second kappa shape index (κ2) is 6.04. The SMILES string of the molecule is CC(C)Cc1cc(NCl)c2c(Cl)cn(CCO)c2c1. The third-order valence-electron chi connectivity index (χ3n) is 3.08. The molecule has 1 aromatic carbocycles. The van der Waals surface area contributed by atoms with Crippen LogP contribution in [0.25, 0.3) is 10.9 Å². The molecule has 0 aliphatic rings. The minimum Gasteiger partial charge on any atom is -0.395 e. The number of nitrogens with one attached hydrogen (secondary N) is 1. The molecule has 0 spiro atoms. The lowest BCUT2D eigenvalue weighted by atomic mass is 10.0. The van der Waals surface area contributed by atoms with Crippen LogP contribution in [-0.2, 0) is 13.0 Å². The van der Waals surface area contributed by atoms with Crippen LogP contribution in [0.3, 0.4) is 0 Å². The first-order valence-electron chi connectivity index (χ1n) is 6.35. The topological polar surface area (TPSA) is 37.2 Å². The van der Waals surface area contributed by atoms with E-state index in [0.29, 0.717) is 17.5 Å². The number of hydrogen-bond acceptors (Lipinski definition) is 2. The van der Waals surface area contributed by atoms with Crippen molar-refractivity contribution in [3.63, 3.8) is 0 Å². The molecule has 0 aliphatic carbocycles. The van der Waals surface area contributed by atoms with E-state index < -0.39 is 0 Å².